The third-order valence-electron chi connectivity index (χ3n) is 6.51. The van der Waals surface area contributed by atoms with Crippen LogP contribution in [0.25, 0.3) is 0 Å². The summed E-state index contributed by atoms with van der Waals surface area (Å²) in [5.74, 6) is 0. The van der Waals surface area contributed by atoms with Crippen LogP contribution < -0.4 is 9.62 Å². The third-order valence-corrected chi connectivity index (χ3v) is 8.15. The molecule has 0 aliphatic carbocycles. The van der Waals surface area contributed by atoms with Crippen molar-refractivity contribution in [1.82, 2.24) is 4.90 Å². The van der Waals surface area contributed by atoms with Crippen molar-refractivity contribution in [3.8, 4) is 0 Å². The fourth-order valence-electron chi connectivity index (χ4n) is 4.21. The van der Waals surface area contributed by atoms with Crippen LogP contribution in [0.4, 0.5) is 11.4 Å². The quantitative estimate of drug-likeness (QED) is 0.796. The first-order chi connectivity index (χ1) is 13.7. The Kier molecular flexibility index (Phi) is 6.24. The van der Waals surface area contributed by atoms with Crippen molar-refractivity contribution in [2.24, 2.45) is 0 Å². The first kappa shape index (κ1) is 21.7. The van der Waals surface area contributed by atoms with Crippen molar-refractivity contribution < 1.29 is 8.42 Å². The van der Waals surface area contributed by atoms with Gasteiger partial charge in [-0.25, -0.2) is 8.42 Å². The number of rotatable bonds is 5. The molecule has 0 radical (unpaired) electrons. The van der Waals surface area contributed by atoms with E-state index < -0.39 is 10.0 Å². The molecule has 1 aliphatic rings. The van der Waals surface area contributed by atoms with Crippen LogP contribution in [0.5, 0.6) is 0 Å². The van der Waals surface area contributed by atoms with Gasteiger partial charge >= 0.3 is 0 Å². The molecule has 1 N–H and O–H groups in total. The molecule has 0 bridgehead atoms. The molecule has 1 heterocycles. The van der Waals surface area contributed by atoms with Crippen LogP contribution in [0.15, 0.2) is 29.2 Å². The van der Waals surface area contributed by atoms with Gasteiger partial charge in [-0.1, -0.05) is 19.1 Å². The number of nitrogens with one attached hydrogen (secondary N) is 1. The molecule has 5 nitrogen and oxygen atoms in total. The van der Waals surface area contributed by atoms with Crippen LogP contribution >= 0.6 is 0 Å². The van der Waals surface area contributed by atoms with Crippen molar-refractivity contribution in [2.75, 3.05) is 42.3 Å². The summed E-state index contributed by atoms with van der Waals surface area (Å²) in [5, 5.41) is 0. The number of benzene rings is 2. The van der Waals surface area contributed by atoms with Crippen LogP contribution in [0.1, 0.15) is 34.7 Å². The molecule has 1 fully saturated rings. The van der Waals surface area contributed by atoms with Crippen LogP contribution in [0.2, 0.25) is 0 Å². The van der Waals surface area contributed by atoms with Gasteiger partial charge in [-0.3, -0.25) is 4.72 Å². The first-order valence-corrected chi connectivity index (χ1v) is 11.8. The zero-order valence-electron chi connectivity index (χ0n) is 18.5. The van der Waals surface area contributed by atoms with Crippen LogP contribution in [-0.4, -0.2) is 46.0 Å². The normalized spacial score (nSPS) is 15.6. The lowest BCUT2D eigenvalue weighted by Crippen LogP contribution is -2.46. The third kappa shape index (κ3) is 4.14. The fourth-order valence-corrected chi connectivity index (χ4v) is 5.88. The molecule has 3 rings (SSSR count). The summed E-state index contributed by atoms with van der Waals surface area (Å²) in [6, 6.07) is 7.72. The molecular formula is C23H33N3O2S. The second-order valence-corrected chi connectivity index (χ2v) is 9.62. The highest BCUT2D eigenvalue weighted by molar-refractivity contribution is 7.92. The van der Waals surface area contributed by atoms with Gasteiger partial charge in [0.05, 0.1) is 16.3 Å². The molecule has 0 unspecified atom stereocenters. The fraction of sp³-hybridized carbons (Fsp3) is 0.478. The summed E-state index contributed by atoms with van der Waals surface area (Å²) < 4.78 is 29.8. The Labute approximate surface area is 175 Å². The number of nitrogens with zero attached hydrogens (tertiary/aromatic N) is 2. The lowest BCUT2D eigenvalue weighted by atomic mass is 9.95. The van der Waals surface area contributed by atoms with E-state index >= 15 is 0 Å². The monoisotopic (exact) mass is 415 g/mol. The van der Waals surface area contributed by atoms with Gasteiger partial charge in [0.1, 0.15) is 0 Å². The maximum Gasteiger partial charge on any atom is 0.262 e. The second kappa shape index (κ2) is 8.36. The van der Waals surface area contributed by atoms with Crippen LogP contribution in [0, 0.1) is 34.6 Å². The predicted octanol–water partition coefficient (Wildman–Crippen LogP) is 4.17. The Morgan fingerprint density at radius 2 is 1.34 bits per heavy atom. The average molecular weight is 416 g/mol. The number of hydrogen-bond acceptors (Lipinski definition) is 4. The van der Waals surface area contributed by atoms with Gasteiger partial charge < -0.3 is 9.80 Å². The maximum atomic E-state index is 13.5. The molecule has 0 aromatic heterocycles. The zero-order chi connectivity index (χ0) is 21.3. The Morgan fingerprint density at radius 3 is 1.90 bits per heavy atom. The van der Waals surface area contributed by atoms with E-state index in [9.17, 15) is 8.42 Å². The lowest BCUT2D eigenvalue weighted by Gasteiger charge is -2.36. The highest BCUT2D eigenvalue weighted by Gasteiger charge is 2.26. The van der Waals surface area contributed by atoms with Gasteiger partial charge in [-0.2, -0.15) is 0 Å². The number of hydrogen-bond donors (Lipinski definition) is 1. The van der Waals surface area contributed by atoms with Crippen molar-refractivity contribution in [3.05, 3.63) is 52.1 Å². The number of anilines is 2. The Balaban J connectivity index is 1.98. The molecule has 2 aromatic rings. The molecule has 0 amide bonds. The lowest BCUT2D eigenvalue weighted by molar-refractivity contribution is 0.271. The van der Waals surface area contributed by atoms with E-state index in [1.807, 2.05) is 52.0 Å². The van der Waals surface area contributed by atoms with Gasteiger partial charge in [-0.15, -0.1) is 0 Å². The van der Waals surface area contributed by atoms with Crippen LogP contribution in [0.3, 0.4) is 0 Å². The van der Waals surface area contributed by atoms with Crippen molar-refractivity contribution in [1.29, 1.82) is 0 Å². The Hall–Kier alpha value is -2.05. The smallest absolute Gasteiger partial charge is 0.262 e. The number of likely N-dealkylation sites (N-methyl/N-ethyl adjacent to an activating group) is 1. The highest BCUT2D eigenvalue weighted by atomic mass is 32.2. The second-order valence-electron chi connectivity index (χ2n) is 8.00. The number of piperazine rings is 1. The van der Waals surface area contributed by atoms with E-state index in [0.717, 1.165) is 66.2 Å². The van der Waals surface area contributed by atoms with Gasteiger partial charge in [0.15, 0.2) is 0 Å². The zero-order valence-corrected chi connectivity index (χ0v) is 19.3. The van der Waals surface area contributed by atoms with E-state index in [-0.39, 0.29) is 0 Å². The molecule has 1 aliphatic heterocycles. The summed E-state index contributed by atoms with van der Waals surface area (Å²) in [6.07, 6.45) is 0. The summed E-state index contributed by atoms with van der Waals surface area (Å²) in [4.78, 5) is 5.09. The summed E-state index contributed by atoms with van der Waals surface area (Å²) in [7, 11) is -3.70. The molecular weight excluding hydrogens is 382 g/mol. The minimum absolute atomic E-state index is 0.406. The molecule has 0 spiro atoms. The molecule has 2 aromatic carbocycles. The Bertz CT molecular complexity index is 978. The summed E-state index contributed by atoms with van der Waals surface area (Å²) in [5.41, 5.74) is 6.48. The molecule has 158 valence electrons. The standard InChI is InChI=1S/C23H33N3O2S/c1-7-25-12-14-26(15-13-25)22-11-9-8-10-21(22)24-29(27,28)23-19(5)17(3)16(2)18(4)20(23)6/h8-11,24H,7,12-15H2,1-6H3. The van der Waals surface area contributed by atoms with Gasteiger partial charge in [0.25, 0.3) is 10.0 Å². The molecule has 29 heavy (non-hydrogen) atoms. The van der Waals surface area contributed by atoms with E-state index in [1.165, 1.54) is 0 Å². The highest BCUT2D eigenvalue weighted by Crippen LogP contribution is 2.33. The molecule has 1 saturated heterocycles. The minimum Gasteiger partial charge on any atom is -0.367 e. The van der Waals surface area contributed by atoms with E-state index in [0.29, 0.717) is 10.6 Å². The van der Waals surface area contributed by atoms with E-state index in [1.54, 1.807) is 0 Å². The predicted molar refractivity (Wildman–Crippen MR) is 122 cm³/mol. The Morgan fingerprint density at radius 1 is 0.828 bits per heavy atom. The van der Waals surface area contributed by atoms with Gasteiger partial charge in [-0.05, 0) is 81.1 Å². The minimum atomic E-state index is -3.70. The number of sulfonamides is 1. The number of para-hydroxylation sites is 2. The van der Waals surface area contributed by atoms with Crippen molar-refractivity contribution >= 4 is 21.4 Å². The van der Waals surface area contributed by atoms with E-state index in [4.69, 9.17) is 0 Å². The van der Waals surface area contributed by atoms with Crippen molar-refractivity contribution in [3.63, 3.8) is 0 Å². The molecule has 0 saturated carbocycles. The van der Waals surface area contributed by atoms with Gasteiger partial charge in [0.2, 0.25) is 0 Å². The van der Waals surface area contributed by atoms with E-state index in [2.05, 4.69) is 28.4 Å². The summed E-state index contributed by atoms with van der Waals surface area (Å²) in [6.45, 7) is 16.9. The summed E-state index contributed by atoms with van der Waals surface area (Å²) >= 11 is 0. The largest absolute Gasteiger partial charge is 0.367 e. The van der Waals surface area contributed by atoms with Gasteiger partial charge in [0, 0.05) is 26.2 Å². The van der Waals surface area contributed by atoms with Crippen LogP contribution in [-0.2, 0) is 10.0 Å². The van der Waals surface area contributed by atoms with Crippen molar-refractivity contribution in [2.45, 2.75) is 46.4 Å². The SMILES string of the molecule is CCN1CCN(c2ccccc2NS(=O)(=O)c2c(C)c(C)c(C)c(C)c2C)CC1. The maximum absolute atomic E-state index is 13.5. The molecule has 0 atom stereocenters. The first-order valence-electron chi connectivity index (χ1n) is 10.3. The molecule has 6 heteroatoms. The topological polar surface area (TPSA) is 52.6 Å². The average Bonchev–Trinajstić information content (AvgIpc) is 2.71.